The molecule has 0 bridgehead atoms. The molecule has 1 aliphatic carbocycles. The summed E-state index contributed by atoms with van der Waals surface area (Å²) in [5.41, 5.74) is 5.25. The van der Waals surface area contributed by atoms with Crippen LogP contribution in [0.3, 0.4) is 0 Å². The molecule has 1 aromatic rings. The molecule has 1 aromatic carbocycles. The fraction of sp³-hybridized carbons (Fsp3) is 0.333. The molecule has 1 N–H and O–H groups in total. The summed E-state index contributed by atoms with van der Waals surface area (Å²) in [6.45, 7) is 6.58. The van der Waals surface area contributed by atoms with Gasteiger partial charge in [-0.15, -0.1) is 0 Å². The first-order valence-corrected chi connectivity index (χ1v) is 5.86. The number of benzene rings is 1. The molecule has 1 unspecified atom stereocenters. The maximum atomic E-state index is 3.48. The van der Waals surface area contributed by atoms with Gasteiger partial charge in [-0.25, -0.2) is 0 Å². The molecule has 0 saturated heterocycles. The first-order valence-electron chi connectivity index (χ1n) is 5.86. The van der Waals surface area contributed by atoms with Gasteiger partial charge in [0.15, 0.2) is 0 Å². The zero-order chi connectivity index (χ0) is 11.5. The maximum Gasteiger partial charge on any atom is 0.0381 e. The molecule has 0 spiro atoms. The minimum atomic E-state index is 0.651. The molecule has 2 rings (SSSR count). The van der Waals surface area contributed by atoms with Crippen LogP contribution in [-0.4, -0.2) is 0 Å². The lowest BCUT2D eigenvalue weighted by Gasteiger charge is -2.20. The van der Waals surface area contributed by atoms with Crippen LogP contribution in [0.15, 0.2) is 47.7 Å². The molecule has 0 amide bonds. The lowest BCUT2D eigenvalue weighted by molar-refractivity contribution is 0.664. The monoisotopic (exact) mass is 213 g/mol. The normalized spacial score (nSPS) is 20.1. The summed E-state index contributed by atoms with van der Waals surface area (Å²) in [6, 6.07) is 8.53. The SMILES string of the molecule is CC1=CC=C(Nc2ccc(C)cc2)CC1C. The van der Waals surface area contributed by atoms with Crippen LogP contribution < -0.4 is 5.32 Å². The van der Waals surface area contributed by atoms with E-state index < -0.39 is 0 Å². The van der Waals surface area contributed by atoms with Crippen LogP contribution in [0.1, 0.15) is 25.8 Å². The fourth-order valence-corrected chi connectivity index (χ4v) is 1.87. The molecule has 0 radical (unpaired) electrons. The Bertz CT molecular complexity index is 423. The average Bonchev–Trinajstić information content (AvgIpc) is 2.27. The van der Waals surface area contributed by atoms with Crippen LogP contribution in [0.4, 0.5) is 5.69 Å². The Morgan fingerprint density at radius 3 is 2.38 bits per heavy atom. The van der Waals surface area contributed by atoms with Crippen molar-refractivity contribution in [3.05, 3.63) is 53.3 Å². The molecule has 0 heterocycles. The average molecular weight is 213 g/mol. The van der Waals surface area contributed by atoms with Crippen molar-refractivity contribution >= 4 is 5.69 Å². The number of hydrogen-bond donors (Lipinski definition) is 1. The van der Waals surface area contributed by atoms with Crippen LogP contribution in [-0.2, 0) is 0 Å². The standard InChI is InChI=1S/C15H19N/c1-11-4-7-14(8-5-11)16-15-9-6-12(2)13(3)10-15/h4-9,13,16H,10H2,1-3H3. The largest absolute Gasteiger partial charge is 0.359 e. The van der Waals surface area contributed by atoms with E-state index in [1.807, 2.05) is 0 Å². The summed E-state index contributed by atoms with van der Waals surface area (Å²) < 4.78 is 0. The van der Waals surface area contributed by atoms with Gasteiger partial charge in [0.25, 0.3) is 0 Å². The third kappa shape index (κ3) is 2.54. The highest BCUT2D eigenvalue weighted by Crippen LogP contribution is 2.25. The highest BCUT2D eigenvalue weighted by molar-refractivity contribution is 5.50. The van der Waals surface area contributed by atoms with Gasteiger partial charge in [0.05, 0.1) is 0 Å². The number of hydrogen-bond acceptors (Lipinski definition) is 1. The van der Waals surface area contributed by atoms with Crippen molar-refractivity contribution in [1.82, 2.24) is 0 Å². The molecular formula is C15H19N. The molecule has 1 nitrogen and oxygen atoms in total. The fourth-order valence-electron chi connectivity index (χ4n) is 1.87. The van der Waals surface area contributed by atoms with Crippen LogP contribution >= 0.6 is 0 Å². The molecular weight excluding hydrogens is 194 g/mol. The second-order valence-corrected chi connectivity index (χ2v) is 4.70. The number of aryl methyl sites for hydroxylation is 1. The van der Waals surface area contributed by atoms with Gasteiger partial charge < -0.3 is 5.32 Å². The highest BCUT2D eigenvalue weighted by Gasteiger charge is 2.11. The first-order chi connectivity index (χ1) is 7.65. The van der Waals surface area contributed by atoms with Crippen LogP contribution in [0.2, 0.25) is 0 Å². The van der Waals surface area contributed by atoms with Gasteiger partial charge in [-0.3, -0.25) is 0 Å². The van der Waals surface area contributed by atoms with Crippen molar-refractivity contribution in [2.24, 2.45) is 5.92 Å². The van der Waals surface area contributed by atoms with E-state index in [2.05, 4.69) is 62.5 Å². The molecule has 84 valence electrons. The van der Waals surface area contributed by atoms with Crippen molar-refractivity contribution in [2.45, 2.75) is 27.2 Å². The van der Waals surface area contributed by atoms with Crippen molar-refractivity contribution in [2.75, 3.05) is 5.32 Å². The molecule has 0 aromatic heterocycles. The van der Waals surface area contributed by atoms with Gasteiger partial charge in [0, 0.05) is 11.4 Å². The van der Waals surface area contributed by atoms with Gasteiger partial charge >= 0.3 is 0 Å². The molecule has 0 aliphatic heterocycles. The van der Waals surface area contributed by atoms with Crippen molar-refractivity contribution in [3.63, 3.8) is 0 Å². The number of nitrogens with one attached hydrogen (secondary N) is 1. The van der Waals surface area contributed by atoms with Gasteiger partial charge in [0.2, 0.25) is 0 Å². The predicted molar refractivity (Wildman–Crippen MR) is 70.4 cm³/mol. The van der Waals surface area contributed by atoms with E-state index in [0.717, 1.165) is 6.42 Å². The second-order valence-electron chi connectivity index (χ2n) is 4.70. The van der Waals surface area contributed by atoms with E-state index in [1.165, 1.54) is 22.5 Å². The van der Waals surface area contributed by atoms with Crippen LogP contribution in [0.5, 0.6) is 0 Å². The van der Waals surface area contributed by atoms with E-state index >= 15 is 0 Å². The summed E-state index contributed by atoms with van der Waals surface area (Å²) in [6.07, 6.45) is 5.51. The molecule has 1 heteroatoms. The summed E-state index contributed by atoms with van der Waals surface area (Å²) >= 11 is 0. The van der Waals surface area contributed by atoms with Crippen molar-refractivity contribution in [3.8, 4) is 0 Å². The Kier molecular flexibility index (Phi) is 3.14. The number of allylic oxidation sites excluding steroid dienone is 4. The minimum absolute atomic E-state index is 0.651. The lowest BCUT2D eigenvalue weighted by atomic mass is 9.92. The first kappa shape index (κ1) is 11.0. The number of anilines is 1. The van der Waals surface area contributed by atoms with E-state index in [1.54, 1.807) is 0 Å². The molecule has 1 aliphatic rings. The topological polar surface area (TPSA) is 12.0 Å². The molecule has 0 saturated carbocycles. The second kappa shape index (κ2) is 4.56. The molecule has 0 fully saturated rings. The summed E-state index contributed by atoms with van der Waals surface area (Å²) in [4.78, 5) is 0. The van der Waals surface area contributed by atoms with Crippen molar-refractivity contribution < 1.29 is 0 Å². The molecule has 16 heavy (non-hydrogen) atoms. The zero-order valence-electron chi connectivity index (χ0n) is 10.2. The molecule has 1 atom stereocenters. The smallest absolute Gasteiger partial charge is 0.0381 e. The third-order valence-electron chi connectivity index (χ3n) is 3.21. The predicted octanol–water partition coefficient (Wildman–Crippen LogP) is 4.28. The highest BCUT2D eigenvalue weighted by atomic mass is 14.9. The van der Waals surface area contributed by atoms with Crippen LogP contribution in [0.25, 0.3) is 0 Å². The van der Waals surface area contributed by atoms with E-state index in [-0.39, 0.29) is 0 Å². The van der Waals surface area contributed by atoms with E-state index in [0.29, 0.717) is 5.92 Å². The summed E-state index contributed by atoms with van der Waals surface area (Å²) in [7, 11) is 0. The van der Waals surface area contributed by atoms with E-state index in [9.17, 15) is 0 Å². The maximum absolute atomic E-state index is 3.48. The lowest BCUT2D eigenvalue weighted by Crippen LogP contribution is -2.09. The summed E-state index contributed by atoms with van der Waals surface area (Å²) in [5.74, 6) is 0.651. The van der Waals surface area contributed by atoms with Gasteiger partial charge in [-0.2, -0.15) is 0 Å². The van der Waals surface area contributed by atoms with Gasteiger partial charge in [-0.05, 0) is 44.4 Å². The Hall–Kier alpha value is -1.50. The van der Waals surface area contributed by atoms with Crippen LogP contribution in [0, 0.1) is 12.8 Å². The van der Waals surface area contributed by atoms with E-state index in [4.69, 9.17) is 0 Å². The third-order valence-corrected chi connectivity index (χ3v) is 3.21. The minimum Gasteiger partial charge on any atom is -0.359 e. The Labute approximate surface area is 97.9 Å². The Balaban J connectivity index is 2.08. The Morgan fingerprint density at radius 2 is 1.75 bits per heavy atom. The van der Waals surface area contributed by atoms with Gasteiger partial charge in [-0.1, -0.05) is 36.3 Å². The number of rotatable bonds is 2. The quantitative estimate of drug-likeness (QED) is 0.773. The van der Waals surface area contributed by atoms with Crippen molar-refractivity contribution in [1.29, 1.82) is 0 Å². The zero-order valence-corrected chi connectivity index (χ0v) is 10.2. The summed E-state index contributed by atoms with van der Waals surface area (Å²) in [5, 5.41) is 3.48. The van der Waals surface area contributed by atoms with Gasteiger partial charge in [0.1, 0.15) is 0 Å². The Morgan fingerprint density at radius 1 is 1.06 bits per heavy atom.